The van der Waals surface area contributed by atoms with Crippen LogP contribution < -0.4 is 4.90 Å². The maximum absolute atomic E-state index is 11.8. The average molecular weight is 304 g/mol. The number of carbonyl (C=O) groups excluding carboxylic acids is 1. The first-order chi connectivity index (χ1) is 10.5. The van der Waals surface area contributed by atoms with Crippen molar-refractivity contribution in [1.29, 1.82) is 0 Å². The van der Waals surface area contributed by atoms with E-state index in [4.69, 9.17) is 4.98 Å². The van der Waals surface area contributed by atoms with E-state index in [1.165, 1.54) is 0 Å². The van der Waals surface area contributed by atoms with E-state index in [1.54, 1.807) is 6.92 Å². The summed E-state index contributed by atoms with van der Waals surface area (Å²) in [6.45, 7) is 6.01. The highest BCUT2D eigenvalue weighted by Crippen LogP contribution is 2.31. The maximum atomic E-state index is 11.8. The number of piperidine rings is 1. The average Bonchev–Trinajstić information content (AvgIpc) is 2.97. The lowest BCUT2D eigenvalue weighted by atomic mass is 10.1. The number of aliphatic hydroxyl groups is 1. The second kappa shape index (κ2) is 6.20. The summed E-state index contributed by atoms with van der Waals surface area (Å²) in [6.07, 6.45) is 3.30. The molecular weight excluding hydrogens is 280 g/mol. The Labute approximate surface area is 131 Å². The van der Waals surface area contributed by atoms with E-state index in [2.05, 4.69) is 9.88 Å². The van der Waals surface area contributed by atoms with Crippen molar-refractivity contribution in [1.82, 2.24) is 14.9 Å². The summed E-state index contributed by atoms with van der Waals surface area (Å²) in [6, 6.07) is 2.00. The molecule has 3 rings (SSSR count). The van der Waals surface area contributed by atoms with Gasteiger partial charge in [0.2, 0.25) is 5.91 Å². The molecule has 6 heteroatoms. The Balaban J connectivity index is 1.85. The third-order valence-electron chi connectivity index (χ3n) is 4.60. The molecule has 0 radical (unpaired) electrons. The van der Waals surface area contributed by atoms with Gasteiger partial charge in [-0.25, -0.2) is 9.97 Å². The number of aryl methyl sites for hydroxylation is 1. The second-order valence-corrected chi connectivity index (χ2v) is 6.31. The molecule has 0 spiro atoms. The summed E-state index contributed by atoms with van der Waals surface area (Å²) in [5.74, 6) is 1.77. The Kier molecular flexibility index (Phi) is 4.29. The molecule has 0 aliphatic carbocycles. The summed E-state index contributed by atoms with van der Waals surface area (Å²) >= 11 is 0. The SMILES string of the molecule is CC(=O)N1CCCC1c1nc(C)cc(N2CCC(O)CC2)n1. The smallest absolute Gasteiger partial charge is 0.220 e. The molecule has 22 heavy (non-hydrogen) atoms. The molecule has 1 aromatic rings. The Morgan fingerprint density at radius 3 is 2.64 bits per heavy atom. The topological polar surface area (TPSA) is 69.6 Å². The minimum absolute atomic E-state index is 0.00605. The van der Waals surface area contributed by atoms with Gasteiger partial charge >= 0.3 is 0 Å². The number of nitrogens with zero attached hydrogens (tertiary/aromatic N) is 4. The van der Waals surface area contributed by atoms with Gasteiger partial charge in [0.1, 0.15) is 5.82 Å². The summed E-state index contributed by atoms with van der Waals surface area (Å²) < 4.78 is 0. The van der Waals surface area contributed by atoms with Gasteiger partial charge in [-0.1, -0.05) is 0 Å². The fraction of sp³-hybridized carbons (Fsp3) is 0.688. The molecule has 2 fully saturated rings. The van der Waals surface area contributed by atoms with Gasteiger partial charge in [-0.3, -0.25) is 4.79 Å². The molecule has 1 aromatic heterocycles. The van der Waals surface area contributed by atoms with Gasteiger partial charge in [-0.2, -0.15) is 0 Å². The summed E-state index contributed by atoms with van der Waals surface area (Å²) in [7, 11) is 0. The fourth-order valence-electron chi connectivity index (χ4n) is 3.39. The number of anilines is 1. The number of likely N-dealkylation sites (tertiary alicyclic amines) is 1. The number of rotatable bonds is 2. The number of hydrogen-bond acceptors (Lipinski definition) is 5. The van der Waals surface area contributed by atoms with Crippen LogP contribution in [0.25, 0.3) is 0 Å². The molecule has 0 aromatic carbocycles. The highest BCUT2D eigenvalue weighted by Gasteiger charge is 2.31. The predicted octanol–water partition coefficient (Wildman–Crippen LogP) is 1.43. The van der Waals surface area contributed by atoms with Crippen molar-refractivity contribution in [2.24, 2.45) is 0 Å². The maximum Gasteiger partial charge on any atom is 0.220 e. The summed E-state index contributed by atoms with van der Waals surface area (Å²) in [5, 5.41) is 9.65. The molecule has 2 saturated heterocycles. The molecule has 2 aliphatic rings. The number of amides is 1. The van der Waals surface area contributed by atoms with Gasteiger partial charge in [0, 0.05) is 38.3 Å². The normalized spacial score (nSPS) is 23.1. The van der Waals surface area contributed by atoms with Gasteiger partial charge < -0.3 is 14.9 Å². The van der Waals surface area contributed by atoms with Crippen molar-refractivity contribution in [2.45, 2.75) is 51.7 Å². The first kappa shape index (κ1) is 15.2. The van der Waals surface area contributed by atoms with E-state index in [1.807, 2.05) is 17.9 Å². The fourth-order valence-corrected chi connectivity index (χ4v) is 3.39. The van der Waals surface area contributed by atoms with Crippen molar-refractivity contribution in [3.63, 3.8) is 0 Å². The lowest BCUT2D eigenvalue weighted by Gasteiger charge is -2.31. The highest BCUT2D eigenvalue weighted by atomic mass is 16.3. The van der Waals surface area contributed by atoms with Crippen LogP contribution in [0.4, 0.5) is 5.82 Å². The van der Waals surface area contributed by atoms with Crippen LogP contribution in [0.1, 0.15) is 50.2 Å². The summed E-state index contributed by atoms with van der Waals surface area (Å²) in [4.78, 5) is 25.2. The van der Waals surface area contributed by atoms with E-state index >= 15 is 0 Å². The van der Waals surface area contributed by atoms with E-state index in [0.717, 1.165) is 62.7 Å². The number of aliphatic hydroxyl groups excluding tert-OH is 1. The van der Waals surface area contributed by atoms with E-state index in [0.29, 0.717) is 0 Å². The second-order valence-electron chi connectivity index (χ2n) is 6.31. The van der Waals surface area contributed by atoms with Crippen LogP contribution in [-0.2, 0) is 4.79 Å². The lowest BCUT2D eigenvalue weighted by Crippen LogP contribution is -2.37. The number of aromatic nitrogens is 2. The minimum Gasteiger partial charge on any atom is -0.393 e. The molecule has 3 heterocycles. The molecule has 1 N–H and O–H groups in total. The molecule has 2 aliphatic heterocycles. The van der Waals surface area contributed by atoms with Crippen LogP contribution in [0.15, 0.2) is 6.07 Å². The van der Waals surface area contributed by atoms with E-state index in [-0.39, 0.29) is 18.1 Å². The molecule has 1 amide bonds. The van der Waals surface area contributed by atoms with Crippen LogP contribution in [-0.4, -0.2) is 51.6 Å². The first-order valence-corrected chi connectivity index (χ1v) is 8.10. The third kappa shape index (κ3) is 3.06. The van der Waals surface area contributed by atoms with E-state index < -0.39 is 0 Å². The van der Waals surface area contributed by atoms with Gasteiger partial charge in [0.25, 0.3) is 0 Å². The van der Waals surface area contributed by atoms with Crippen LogP contribution >= 0.6 is 0 Å². The predicted molar refractivity (Wildman–Crippen MR) is 83.6 cm³/mol. The zero-order valence-corrected chi connectivity index (χ0v) is 13.3. The van der Waals surface area contributed by atoms with Gasteiger partial charge in [-0.15, -0.1) is 0 Å². The lowest BCUT2D eigenvalue weighted by molar-refractivity contribution is -0.129. The molecular formula is C16H24N4O2. The summed E-state index contributed by atoms with van der Waals surface area (Å²) in [5.41, 5.74) is 0.932. The molecule has 120 valence electrons. The van der Waals surface area contributed by atoms with Gasteiger partial charge in [-0.05, 0) is 32.6 Å². The molecule has 0 saturated carbocycles. The minimum atomic E-state index is -0.193. The Hall–Kier alpha value is -1.69. The zero-order valence-electron chi connectivity index (χ0n) is 13.3. The molecule has 6 nitrogen and oxygen atoms in total. The molecule has 0 bridgehead atoms. The Morgan fingerprint density at radius 2 is 1.95 bits per heavy atom. The Bertz CT molecular complexity index is 555. The van der Waals surface area contributed by atoms with Crippen LogP contribution in [0.3, 0.4) is 0 Å². The van der Waals surface area contributed by atoms with E-state index in [9.17, 15) is 9.90 Å². The van der Waals surface area contributed by atoms with Crippen molar-refractivity contribution in [3.8, 4) is 0 Å². The zero-order chi connectivity index (χ0) is 15.7. The third-order valence-corrected chi connectivity index (χ3v) is 4.60. The monoisotopic (exact) mass is 304 g/mol. The largest absolute Gasteiger partial charge is 0.393 e. The molecule has 1 atom stereocenters. The van der Waals surface area contributed by atoms with Crippen LogP contribution in [0.2, 0.25) is 0 Å². The number of hydrogen-bond donors (Lipinski definition) is 1. The van der Waals surface area contributed by atoms with Gasteiger partial charge in [0.15, 0.2) is 5.82 Å². The van der Waals surface area contributed by atoms with Crippen molar-refractivity contribution < 1.29 is 9.90 Å². The first-order valence-electron chi connectivity index (χ1n) is 8.10. The van der Waals surface area contributed by atoms with Crippen LogP contribution in [0.5, 0.6) is 0 Å². The molecule has 1 unspecified atom stereocenters. The Morgan fingerprint density at radius 1 is 1.23 bits per heavy atom. The van der Waals surface area contributed by atoms with Crippen molar-refractivity contribution >= 4 is 11.7 Å². The highest BCUT2D eigenvalue weighted by molar-refractivity contribution is 5.74. The standard InChI is InChI=1S/C16H24N4O2/c1-11-10-15(19-8-5-13(22)6-9-19)18-16(17-11)14-4-3-7-20(14)12(2)21/h10,13-14,22H,3-9H2,1-2H3. The quantitative estimate of drug-likeness (QED) is 0.895. The number of carbonyl (C=O) groups is 1. The van der Waals surface area contributed by atoms with Crippen molar-refractivity contribution in [3.05, 3.63) is 17.6 Å². The van der Waals surface area contributed by atoms with Gasteiger partial charge in [0.05, 0.1) is 12.1 Å². The van der Waals surface area contributed by atoms with Crippen LogP contribution in [0, 0.1) is 6.92 Å². The van der Waals surface area contributed by atoms with Crippen molar-refractivity contribution in [2.75, 3.05) is 24.5 Å².